The second-order valence-corrected chi connectivity index (χ2v) is 6.15. The predicted octanol–water partition coefficient (Wildman–Crippen LogP) is 1.38. The topological polar surface area (TPSA) is 41.3 Å². The molecule has 2 aliphatic heterocycles. The number of piperidine rings is 1. The second-order valence-electron chi connectivity index (χ2n) is 5.79. The Labute approximate surface area is 113 Å². The molecular formula is C13H20ClN3O. The summed E-state index contributed by atoms with van der Waals surface area (Å²) in [6, 6.07) is 0. The van der Waals surface area contributed by atoms with Gasteiger partial charge in [-0.3, -0.25) is 4.68 Å². The van der Waals surface area contributed by atoms with Gasteiger partial charge in [-0.25, -0.2) is 0 Å². The molecule has 2 bridgehead atoms. The Kier molecular flexibility index (Phi) is 2.92. The van der Waals surface area contributed by atoms with Crippen LogP contribution in [0.4, 0.5) is 0 Å². The Balaban J connectivity index is 1.87. The Hall–Kier alpha value is -0.580. The van der Waals surface area contributed by atoms with Crippen LogP contribution >= 0.6 is 11.6 Å². The number of hydrogen-bond donors (Lipinski definition) is 1. The van der Waals surface area contributed by atoms with Crippen molar-refractivity contribution in [2.45, 2.75) is 31.8 Å². The first-order valence-electron chi connectivity index (χ1n) is 6.62. The zero-order chi connectivity index (χ0) is 12.9. The monoisotopic (exact) mass is 269 g/mol. The van der Waals surface area contributed by atoms with Crippen LogP contribution in [0.15, 0.2) is 0 Å². The largest absolute Gasteiger partial charge is 0.389 e. The van der Waals surface area contributed by atoms with E-state index in [1.54, 1.807) is 4.68 Å². The van der Waals surface area contributed by atoms with Crippen LogP contribution < -0.4 is 0 Å². The maximum atomic E-state index is 10.9. The minimum atomic E-state index is -0.593. The Morgan fingerprint density at radius 2 is 2.28 bits per heavy atom. The van der Waals surface area contributed by atoms with E-state index in [9.17, 15) is 5.11 Å². The van der Waals surface area contributed by atoms with Gasteiger partial charge in [0.15, 0.2) is 0 Å². The highest BCUT2D eigenvalue weighted by atomic mass is 35.5. The first kappa shape index (κ1) is 12.5. The Bertz CT molecular complexity index is 473. The van der Waals surface area contributed by atoms with Crippen molar-refractivity contribution in [2.24, 2.45) is 13.0 Å². The van der Waals surface area contributed by atoms with Crippen molar-refractivity contribution in [2.75, 3.05) is 19.6 Å². The molecule has 3 unspecified atom stereocenters. The van der Waals surface area contributed by atoms with Crippen molar-refractivity contribution >= 4 is 11.6 Å². The standard InChI is InChI=1S/C13H20ClN3O/c1-9-11(12(14)16(2)15-9)7-13(18)4-6-17-5-3-10(13)8-17/h10,18H,3-8H2,1-2H3. The van der Waals surface area contributed by atoms with Crippen LogP contribution in [-0.2, 0) is 13.5 Å². The van der Waals surface area contributed by atoms with Crippen LogP contribution in [-0.4, -0.2) is 45.0 Å². The van der Waals surface area contributed by atoms with E-state index in [0.29, 0.717) is 17.5 Å². The van der Waals surface area contributed by atoms with Gasteiger partial charge < -0.3 is 10.0 Å². The van der Waals surface area contributed by atoms with Gasteiger partial charge in [-0.2, -0.15) is 5.10 Å². The third-order valence-electron chi connectivity index (χ3n) is 4.65. The van der Waals surface area contributed by atoms with Crippen LogP contribution in [0.25, 0.3) is 0 Å². The van der Waals surface area contributed by atoms with Crippen molar-refractivity contribution in [3.8, 4) is 0 Å². The van der Waals surface area contributed by atoms with Gasteiger partial charge in [0.05, 0.1) is 11.3 Å². The summed E-state index contributed by atoms with van der Waals surface area (Å²) in [6.07, 6.45) is 2.60. The Morgan fingerprint density at radius 1 is 1.50 bits per heavy atom. The molecule has 2 fully saturated rings. The molecule has 0 radical (unpaired) electrons. The molecule has 0 saturated carbocycles. The third kappa shape index (κ3) is 1.87. The average Bonchev–Trinajstić information content (AvgIpc) is 2.84. The first-order chi connectivity index (χ1) is 8.49. The van der Waals surface area contributed by atoms with Crippen LogP contribution in [0.5, 0.6) is 0 Å². The minimum Gasteiger partial charge on any atom is -0.389 e. The molecule has 18 heavy (non-hydrogen) atoms. The fraction of sp³-hybridized carbons (Fsp3) is 0.769. The van der Waals surface area contributed by atoms with E-state index >= 15 is 0 Å². The Morgan fingerprint density at radius 3 is 2.94 bits per heavy atom. The molecule has 0 aromatic carbocycles. The molecule has 3 rings (SSSR count). The van der Waals surface area contributed by atoms with E-state index in [4.69, 9.17) is 11.6 Å². The van der Waals surface area contributed by atoms with Gasteiger partial charge in [0, 0.05) is 38.0 Å². The highest BCUT2D eigenvalue weighted by Crippen LogP contribution is 2.39. The number of aryl methyl sites for hydroxylation is 2. The molecule has 0 amide bonds. The number of halogens is 1. The molecule has 100 valence electrons. The number of nitrogens with zero attached hydrogens (tertiary/aromatic N) is 3. The van der Waals surface area contributed by atoms with Crippen LogP contribution in [0.2, 0.25) is 5.15 Å². The van der Waals surface area contributed by atoms with Crippen LogP contribution in [0.1, 0.15) is 24.1 Å². The minimum absolute atomic E-state index is 0.391. The van der Waals surface area contributed by atoms with Gasteiger partial charge in [-0.05, 0) is 26.3 Å². The molecule has 2 aliphatic rings. The number of rotatable bonds is 2. The SMILES string of the molecule is Cc1nn(C)c(Cl)c1CC1(O)CCN2CCC1C2. The number of aromatic nitrogens is 2. The van der Waals surface area contributed by atoms with Crippen molar-refractivity contribution < 1.29 is 5.11 Å². The summed E-state index contributed by atoms with van der Waals surface area (Å²) in [7, 11) is 1.85. The molecule has 1 N–H and O–H groups in total. The highest BCUT2D eigenvalue weighted by Gasteiger charge is 2.45. The zero-order valence-corrected chi connectivity index (χ0v) is 11.7. The van der Waals surface area contributed by atoms with Crippen LogP contribution in [0, 0.1) is 12.8 Å². The lowest BCUT2D eigenvalue weighted by molar-refractivity contribution is -0.0439. The number of fused-ring (bicyclic) bond motifs is 2. The lowest BCUT2D eigenvalue weighted by atomic mass is 9.78. The van der Waals surface area contributed by atoms with E-state index < -0.39 is 5.60 Å². The molecule has 4 nitrogen and oxygen atoms in total. The summed E-state index contributed by atoms with van der Waals surface area (Å²) in [6.45, 7) is 5.14. The zero-order valence-electron chi connectivity index (χ0n) is 11.0. The molecule has 1 aromatic heterocycles. The smallest absolute Gasteiger partial charge is 0.130 e. The van der Waals surface area contributed by atoms with E-state index in [1.165, 1.54) is 0 Å². The van der Waals surface area contributed by atoms with Crippen molar-refractivity contribution in [3.05, 3.63) is 16.4 Å². The summed E-state index contributed by atoms with van der Waals surface area (Å²) >= 11 is 6.28. The maximum Gasteiger partial charge on any atom is 0.130 e. The normalized spacial score (nSPS) is 35.1. The molecule has 0 aliphatic carbocycles. The summed E-state index contributed by atoms with van der Waals surface area (Å²) < 4.78 is 1.69. The molecular weight excluding hydrogens is 250 g/mol. The van der Waals surface area contributed by atoms with Crippen LogP contribution in [0.3, 0.4) is 0 Å². The average molecular weight is 270 g/mol. The molecule has 3 heterocycles. The van der Waals surface area contributed by atoms with E-state index in [2.05, 4.69) is 10.00 Å². The van der Waals surface area contributed by atoms with E-state index in [-0.39, 0.29) is 0 Å². The summed E-state index contributed by atoms with van der Waals surface area (Å²) in [5.41, 5.74) is 1.36. The summed E-state index contributed by atoms with van der Waals surface area (Å²) in [5, 5.41) is 15.9. The molecule has 2 saturated heterocycles. The third-order valence-corrected chi connectivity index (χ3v) is 5.12. The van der Waals surface area contributed by atoms with Gasteiger partial charge in [0.2, 0.25) is 0 Å². The second kappa shape index (κ2) is 4.22. The number of hydrogen-bond acceptors (Lipinski definition) is 3. The van der Waals surface area contributed by atoms with E-state index in [0.717, 1.165) is 43.7 Å². The van der Waals surface area contributed by atoms with Crippen molar-refractivity contribution in [3.63, 3.8) is 0 Å². The maximum absolute atomic E-state index is 10.9. The lowest BCUT2D eigenvalue weighted by Gasteiger charge is -2.38. The van der Waals surface area contributed by atoms with Gasteiger partial charge in [-0.15, -0.1) is 0 Å². The molecule has 3 atom stereocenters. The van der Waals surface area contributed by atoms with Gasteiger partial charge in [-0.1, -0.05) is 11.6 Å². The lowest BCUT2D eigenvalue weighted by Crippen LogP contribution is -2.47. The van der Waals surface area contributed by atoms with E-state index in [1.807, 2.05) is 14.0 Å². The van der Waals surface area contributed by atoms with Crippen molar-refractivity contribution in [1.29, 1.82) is 0 Å². The summed E-state index contributed by atoms with van der Waals surface area (Å²) in [4.78, 5) is 2.44. The first-order valence-corrected chi connectivity index (χ1v) is 7.00. The molecule has 0 spiro atoms. The highest BCUT2D eigenvalue weighted by molar-refractivity contribution is 6.30. The fourth-order valence-electron chi connectivity index (χ4n) is 3.44. The predicted molar refractivity (Wildman–Crippen MR) is 70.8 cm³/mol. The molecule has 1 aromatic rings. The summed E-state index contributed by atoms with van der Waals surface area (Å²) in [5.74, 6) is 0.391. The quantitative estimate of drug-likeness (QED) is 0.882. The number of aliphatic hydroxyl groups is 1. The van der Waals surface area contributed by atoms with Gasteiger partial charge >= 0.3 is 0 Å². The van der Waals surface area contributed by atoms with Gasteiger partial charge in [0.25, 0.3) is 0 Å². The molecule has 5 heteroatoms. The fourth-order valence-corrected chi connectivity index (χ4v) is 3.69. The van der Waals surface area contributed by atoms with Crippen molar-refractivity contribution in [1.82, 2.24) is 14.7 Å². The van der Waals surface area contributed by atoms with Gasteiger partial charge in [0.1, 0.15) is 5.15 Å².